The summed E-state index contributed by atoms with van der Waals surface area (Å²) in [4.78, 5) is 36.2. The highest BCUT2D eigenvalue weighted by Gasteiger charge is 2.40. The molecule has 28 heavy (non-hydrogen) atoms. The number of aliphatic imine (C=N–C) groups is 1. The molecule has 1 fully saturated rings. The Hall–Kier alpha value is -2.78. The first kappa shape index (κ1) is 18.6. The quantitative estimate of drug-likeness (QED) is 0.853. The van der Waals surface area contributed by atoms with Crippen molar-refractivity contribution >= 4 is 17.4 Å². The molecule has 1 spiro atoms. The van der Waals surface area contributed by atoms with Crippen LogP contribution >= 0.6 is 0 Å². The smallest absolute Gasteiger partial charge is 0.276 e. The lowest BCUT2D eigenvalue weighted by atomic mass is 10.0. The molecule has 0 radical (unpaired) electrons. The second-order valence-corrected chi connectivity index (χ2v) is 7.20. The molecule has 9 nitrogen and oxygen atoms in total. The first-order valence-electron chi connectivity index (χ1n) is 9.49. The van der Waals surface area contributed by atoms with Crippen LogP contribution in [0.25, 0.3) is 0 Å². The summed E-state index contributed by atoms with van der Waals surface area (Å²) in [6.07, 6.45) is 6.59. The van der Waals surface area contributed by atoms with E-state index in [0.717, 1.165) is 31.6 Å². The molecule has 2 aliphatic heterocycles. The zero-order valence-electron chi connectivity index (χ0n) is 16.4. The molecule has 1 saturated heterocycles. The number of hydroxylamine groups is 1. The monoisotopic (exact) mass is 383 g/mol. The fourth-order valence-corrected chi connectivity index (χ4v) is 3.59. The summed E-state index contributed by atoms with van der Waals surface area (Å²) in [5.41, 5.74) is 3.62. The molecule has 1 amide bonds. The summed E-state index contributed by atoms with van der Waals surface area (Å²) in [5, 5.41) is 0. The van der Waals surface area contributed by atoms with E-state index in [2.05, 4.69) is 27.4 Å². The van der Waals surface area contributed by atoms with Gasteiger partial charge in [0.2, 0.25) is 0 Å². The molecule has 9 heteroatoms. The topological polar surface area (TPSA) is 87.9 Å². The van der Waals surface area contributed by atoms with E-state index in [9.17, 15) is 4.79 Å². The van der Waals surface area contributed by atoms with Crippen molar-refractivity contribution in [1.29, 1.82) is 0 Å². The number of amides is 1. The molecule has 148 valence electrons. The maximum Gasteiger partial charge on any atom is 0.276 e. The third kappa shape index (κ3) is 3.27. The fourth-order valence-electron chi connectivity index (χ4n) is 3.59. The van der Waals surface area contributed by atoms with Crippen LogP contribution in [0.5, 0.6) is 0 Å². The number of hydrogen-bond acceptors (Lipinski definition) is 7. The molecular formula is C19H25N7O2. The Kier molecular flexibility index (Phi) is 4.86. The predicted octanol–water partition coefficient (Wildman–Crippen LogP) is 1.19. The predicted molar refractivity (Wildman–Crippen MR) is 105 cm³/mol. The van der Waals surface area contributed by atoms with Crippen molar-refractivity contribution in [1.82, 2.24) is 24.9 Å². The first-order chi connectivity index (χ1) is 13.5. The van der Waals surface area contributed by atoms with Crippen LogP contribution in [-0.4, -0.2) is 63.6 Å². The number of imidazole rings is 1. The summed E-state index contributed by atoms with van der Waals surface area (Å²) in [6.45, 7) is 4.32. The molecule has 1 N–H and O–H groups in total. The Balaban J connectivity index is 1.59. The SMILES string of the molecule is CCN(C(=O)c1cnc(C2=NC3(CCN(C)CC3)ON2)n1C)c1cccnc1. The number of hydrogen-bond donors (Lipinski definition) is 1. The van der Waals surface area contributed by atoms with Gasteiger partial charge in [0.1, 0.15) is 5.69 Å². The number of carbonyl (C=O) groups is 1. The molecule has 2 aromatic rings. The van der Waals surface area contributed by atoms with E-state index in [4.69, 9.17) is 9.83 Å². The number of amidine groups is 1. The highest BCUT2D eigenvalue weighted by Crippen LogP contribution is 2.30. The van der Waals surface area contributed by atoms with E-state index in [0.29, 0.717) is 23.9 Å². The molecular weight excluding hydrogens is 358 g/mol. The van der Waals surface area contributed by atoms with Crippen molar-refractivity contribution < 1.29 is 9.63 Å². The highest BCUT2D eigenvalue weighted by atomic mass is 16.7. The van der Waals surface area contributed by atoms with Crippen molar-refractivity contribution in [2.45, 2.75) is 25.5 Å². The normalized spacial score (nSPS) is 18.8. The summed E-state index contributed by atoms with van der Waals surface area (Å²) in [6, 6.07) is 3.68. The maximum atomic E-state index is 13.1. The minimum Gasteiger partial charge on any atom is -0.320 e. The average Bonchev–Trinajstić information content (AvgIpc) is 3.29. The second-order valence-electron chi connectivity index (χ2n) is 7.20. The number of anilines is 1. The van der Waals surface area contributed by atoms with Gasteiger partial charge in [-0.05, 0) is 26.1 Å². The molecule has 0 aromatic carbocycles. The molecule has 0 saturated carbocycles. The first-order valence-corrected chi connectivity index (χ1v) is 9.49. The lowest BCUT2D eigenvalue weighted by Crippen LogP contribution is -2.42. The fraction of sp³-hybridized carbons (Fsp3) is 0.474. The summed E-state index contributed by atoms with van der Waals surface area (Å²) >= 11 is 0. The number of rotatable bonds is 4. The van der Waals surface area contributed by atoms with Gasteiger partial charge >= 0.3 is 0 Å². The third-order valence-electron chi connectivity index (χ3n) is 5.36. The highest BCUT2D eigenvalue weighted by molar-refractivity contribution is 6.06. The van der Waals surface area contributed by atoms with Crippen LogP contribution in [0.4, 0.5) is 5.69 Å². The van der Waals surface area contributed by atoms with Gasteiger partial charge in [0.05, 0.1) is 18.1 Å². The van der Waals surface area contributed by atoms with Gasteiger partial charge in [0.25, 0.3) is 5.91 Å². The van der Waals surface area contributed by atoms with Crippen molar-refractivity contribution in [2.75, 3.05) is 31.6 Å². The summed E-state index contributed by atoms with van der Waals surface area (Å²) in [7, 11) is 3.91. The summed E-state index contributed by atoms with van der Waals surface area (Å²) < 4.78 is 1.75. The molecule has 0 bridgehead atoms. The number of carbonyl (C=O) groups excluding carboxylic acids is 1. The van der Waals surface area contributed by atoms with Gasteiger partial charge < -0.3 is 14.4 Å². The third-order valence-corrected chi connectivity index (χ3v) is 5.36. The van der Waals surface area contributed by atoms with E-state index in [1.54, 1.807) is 28.1 Å². The van der Waals surface area contributed by atoms with Crippen molar-refractivity contribution in [3.05, 3.63) is 42.2 Å². The van der Waals surface area contributed by atoms with Crippen molar-refractivity contribution in [3.8, 4) is 0 Å². The minimum atomic E-state index is -0.539. The average molecular weight is 383 g/mol. The van der Waals surface area contributed by atoms with E-state index in [1.807, 2.05) is 26.1 Å². The van der Waals surface area contributed by atoms with Gasteiger partial charge in [-0.25, -0.2) is 20.3 Å². The standard InChI is InChI=1S/C19H25N7O2/c1-4-26(14-6-5-9-20-12-14)18(27)15-13-21-17(25(15)3)16-22-19(28-23-16)7-10-24(2)11-8-19/h5-6,9,12-13H,4,7-8,10-11H2,1-3H3,(H,22,23). The molecule has 4 heterocycles. The second kappa shape index (κ2) is 7.33. The van der Waals surface area contributed by atoms with Crippen LogP contribution in [0.1, 0.15) is 36.1 Å². The zero-order chi connectivity index (χ0) is 19.7. The Bertz CT molecular complexity index is 885. The Morgan fingerprint density at radius 2 is 2.11 bits per heavy atom. The molecule has 0 atom stereocenters. The van der Waals surface area contributed by atoms with Gasteiger partial charge in [-0.3, -0.25) is 9.78 Å². The van der Waals surface area contributed by atoms with Crippen LogP contribution < -0.4 is 10.4 Å². The van der Waals surface area contributed by atoms with Crippen LogP contribution in [0.15, 0.2) is 35.7 Å². The number of likely N-dealkylation sites (tertiary alicyclic amines) is 1. The van der Waals surface area contributed by atoms with Gasteiger partial charge in [0.15, 0.2) is 17.4 Å². The molecule has 4 rings (SSSR count). The lowest BCUT2D eigenvalue weighted by Gasteiger charge is -2.33. The number of nitrogens with one attached hydrogen (secondary N) is 1. The van der Waals surface area contributed by atoms with Crippen molar-refractivity contribution in [3.63, 3.8) is 0 Å². The molecule has 2 aromatic heterocycles. The van der Waals surface area contributed by atoms with Crippen LogP contribution in [0.3, 0.4) is 0 Å². The Morgan fingerprint density at radius 1 is 1.32 bits per heavy atom. The number of piperidine rings is 1. The van der Waals surface area contributed by atoms with E-state index >= 15 is 0 Å². The van der Waals surface area contributed by atoms with Gasteiger partial charge in [-0.2, -0.15) is 0 Å². The Labute approximate surface area is 164 Å². The van der Waals surface area contributed by atoms with E-state index < -0.39 is 5.72 Å². The van der Waals surface area contributed by atoms with Gasteiger partial charge in [-0.15, -0.1) is 0 Å². The zero-order valence-corrected chi connectivity index (χ0v) is 16.4. The Morgan fingerprint density at radius 3 is 2.79 bits per heavy atom. The van der Waals surface area contributed by atoms with Gasteiger partial charge in [0, 0.05) is 45.7 Å². The summed E-state index contributed by atoms with van der Waals surface area (Å²) in [5.74, 6) is 1.02. The van der Waals surface area contributed by atoms with Crippen LogP contribution in [0, 0.1) is 0 Å². The van der Waals surface area contributed by atoms with Crippen LogP contribution in [-0.2, 0) is 11.9 Å². The van der Waals surface area contributed by atoms with E-state index in [1.165, 1.54) is 0 Å². The number of aromatic nitrogens is 3. The number of pyridine rings is 1. The van der Waals surface area contributed by atoms with Crippen molar-refractivity contribution in [2.24, 2.45) is 12.0 Å². The largest absolute Gasteiger partial charge is 0.320 e. The molecule has 2 aliphatic rings. The maximum absolute atomic E-state index is 13.1. The number of nitrogens with zero attached hydrogens (tertiary/aromatic N) is 6. The van der Waals surface area contributed by atoms with Crippen LogP contribution in [0.2, 0.25) is 0 Å². The minimum absolute atomic E-state index is 0.134. The lowest BCUT2D eigenvalue weighted by molar-refractivity contribution is -0.0864. The molecule has 0 aliphatic carbocycles. The van der Waals surface area contributed by atoms with E-state index in [-0.39, 0.29) is 5.91 Å². The van der Waals surface area contributed by atoms with Gasteiger partial charge in [-0.1, -0.05) is 0 Å². The molecule has 0 unspecified atom stereocenters.